The summed E-state index contributed by atoms with van der Waals surface area (Å²) in [4.78, 5) is 16.4. The van der Waals surface area contributed by atoms with Gasteiger partial charge in [-0.05, 0) is 37.8 Å². The zero-order chi connectivity index (χ0) is 15.7. The highest BCUT2D eigenvalue weighted by atomic mass is 16.3. The highest BCUT2D eigenvalue weighted by molar-refractivity contribution is 5.91. The molecule has 1 aromatic carbocycles. The Morgan fingerprint density at radius 1 is 1.45 bits per heavy atom. The summed E-state index contributed by atoms with van der Waals surface area (Å²) in [6.45, 7) is 3.78. The SMILES string of the molecule is CC(CO)C(C)NC(=O)Nc1ccc2nc(C3CC3)oc2c1. The number of anilines is 1. The maximum atomic E-state index is 12.0. The Hall–Kier alpha value is -2.08. The van der Waals surface area contributed by atoms with E-state index in [2.05, 4.69) is 15.6 Å². The molecule has 1 aliphatic rings. The van der Waals surface area contributed by atoms with Crippen LogP contribution in [0, 0.1) is 5.92 Å². The van der Waals surface area contributed by atoms with E-state index >= 15 is 0 Å². The number of aromatic nitrogens is 1. The van der Waals surface area contributed by atoms with Crippen LogP contribution < -0.4 is 10.6 Å². The van der Waals surface area contributed by atoms with Crippen molar-refractivity contribution >= 4 is 22.8 Å². The molecule has 0 saturated heterocycles. The van der Waals surface area contributed by atoms with E-state index in [1.807, 2.05) is 19.9 Å². The number of rotatable bonds is 5. The molecule has 0 bridgehead atoms. The Morgan fingerprint density at radius 3 is 2.91 bits per heavy atom. The molecule has 1 aromatic heterocycles. The highest BCUT2D eigenvalue weighted by Crippen LogP contribution is 2.40. The molecule has 1 fully saturated rings. The first-order valence-electron chi connectivity index (χ1n) is 7.65. The molecule has 6 nitrogen and oxygen atoms in total. The number of benzene rings is 1. The number of oxazole rings is 1. The fourth-order valence-electron chi connectivity index (χ4n) is 2.20. The molecule has 1 aliphatic carbocycles. The van der Waals surface area contributed by atoms with Crippen molar-refractivity contribution in [3.63, 3.8) is 0 Å². The molecule has 3 rings (SSSR count). The van der Waals surface area contributed by atoms with E-state index in [1.165, 1.54) is 0 Å². The Morgan fingerprint density at radius 2 is 2.23 bits per heavy atom. The van der Waals surface area contributed by atoms with Gasteiger partial charge in [0.25, 0.3) is 0 Å². The number of urea groups is 1. The molecule has 1 saturated carbocycles. The minimum atomic E-state index is -0.297. The van der Waals surface area contributed by atoms with Crippen LogP contribution in [0.3, 0.4) is 0 Å². The zero-order valence-corrected chi connectivity index (χ0v) is 12.8. The first-order chi connectivity index (χ1) is 10.6. The molecule has 3 N–H and O–H groups in total. The summed E-state index contributed by atoms with van der Waals surface area (Å²) in [7, 11) is 0. The maximum Gasteiger partial charge on any atom is 0.319 e. The number of hydrogen-bond donors (Lipinski definition) is 3. The van der Waals surface area contributed by atoms with Crippen molar-refractivity contribution in [3.05, 3.63) is 24.1 Å². The predicted molar refractivity (Wildman–Crippen MR) is 83.9 cm³/mol. The summed E-state index contributed by atoms with van der Waals surface area (Å²) in [5.74, 6) is 1.26. The molecule has 6 heteroatoms. The van der Waals surface area contributed by atoms with E-state index in [0.717, 1.165) is 24.2 Å². The normalized spacial score (nSPS) is 17.2. The van der Waals surface area contributed by atoms with E-state index in [-0.39, 0.29) is 24.6 Å². The Labute approximate surface area is 128 Å². The number of aliphatic hydroxyl groups is 1. The molecule has 22 heavy (non-hydrogen) atoms. The average Bonchev–Trinajstić information content (AvgIpc) is 3.26. The molecular formula is C16H21N3O3. The zero-order valence-electron chi connectivity index (χ0n) is 12.8. The molecule has 0 aliphatic heterocycles. The second-order valence-corrected chi connectivity index (χ2v) is 6.06. The van der Waals surface area contributed by atoms with Gasteiger partial charge >= 0.3 is 6.03 Å². The predicted octanol–water partition coefficient (Wildman–Crippen LogP) is 2.84. The Bertz CT molecular complexity index is 678. The topological polar surface area (TPSA) is 87.4 Å². The van der Waals surface area contributed by atoms with Gasteiger partial charge in [0, 0.05) is 30.3 Å². The monoisotopic (exact) mass is 303 g/mol. The highest BCUT2D eigenvalue weighted by Gasteiger charge is 2.28. The van der Waals surface area contributed by atoms with Crippen molar-refractivity contribution in [1.29, 1.82) is 0 Å². The van der Waals surface area contributed by atoms with Gasteiger partial charge in [-0.2, -0.15) is 0 Å². The van der Waals surface area contributed by atoms with Gasteiger partial charge in [-0.1, -0.05) is 6.92 Å². The summed E-state index contributed by atoms with van der Waals surface area (Å²) < 4.78 is 5.74. The molecule has 0 spiro atoms. The van der Waals surface area contributed by atoms with E-state index in [4.69, 9.17) is 9.52 Å². The van der Waals surface area contributed by atoms with Crippen molar-refractivity contribution in [2.75, 3.05) is 11.9 Å². The first kappa shape index (κ1) is 14.8. The number of carbonyl (C=O) groups is 1. The number of aliphatic hydroxyl groups excluding tert-OH is 1. The molecule has 2 unspecified atom stereocenters. The van der Waals surface area contributed by atoms with Gasteiger partial charge < -0.3 is 20.2 Å². The summed E-state index contributed by atoms with van der Waals surface area (Å²) in [6.07, 6.45) is 2.28. The standard InChI is InChI=1S/C16H21N3O3/c1-9(8-20)10(2)17-16(21)18-12-5-6-13-14(7-12)22-15(19-13)11-3-4-11/h5-7,9-11,20H,3-4,8H2,1-2H3,(H2,17,18,21). The van der Waals surface area contributed by atoms with Crippen molar-refractivity contribution in [2.45, 2.75) is 38.6 Å². The lowest BCUT2D eigenvalue weighted by atomic mass is 10.1. The third-order valence-electron chi connectivity index (χ3n) is 4.09. The van der Waals surface area contributed by atoms with Crippen LogP contribution in [-0.2, 0) is 0 Å². The number of amides is 2. The summed E-state index contributed by atoms with van der Waals surface area (Å²) in [5, 5.41) is 14.7. The minimum Gasteiger partial charge on any atom is -0.440 e. The third kappa shape index (κ3) is 3.22. The van der Waals surface area contributed by atoms with Crippen molar-refractivity contribution in [3.8, 4) is 0 Å². The van der Waals surface area contributed by atoms with Gasteiger partial charge in [-0.15, -0.1) is 0 Å². The number of carbonyl (C=O) groups excluding carboxylic acids is 1. The Balaban J connectivity index is 1.66. The van der Waals surface area contributed by atoms with Gasteiger partial charge in [0.2, 0.25) is 0 Å². The van der Waals surface area contributed by atoms with Gasteiger partial charge in [0.05, 0.1) is 0 Å². The molecule has 118 valence electrons. The molecule has 2 aromatic rings. The van der Waals surface area contributed by atoms with E-state index in [1.54, 1.807) is 12.1 Å². The fourth-order valence-corrected chi connectivity index (χ4v) is 2.20. The van der Waals surface area contributed by atoms with Crippen LogP contribution >= 0.6 is 0 Å². The lowest BCUT2D eigenvalue weighted by Gasteiger charge is -2.19. The van der Waals surface area contributed by atoms with Gasteiger partial charge in [0.15, 0.2) is 11.5 Å². The summed E-state index contributed by atoms with van der Waals surface area (Å²) >= 11 is 0. The number of hydrogen-bond acceptors (Lipinski definition) is 4. The minimum absolute atomic E-state index is 0.00334. The fraction of sp³-hybridized carbons (Fsp3) is 0.500. The van der Waals surface area contributed by atoms with Crippen LogP contribution in [0.15, 0.2) is 22.6 Å². The van der Waals surface area contributed by atoms with Crippen LogP contribution in [-0.4, -0.2) is 28.8 Å². The molecule has 2 amide bonds. The second kappa shape index (κ2) is 5.96. The second-order valence-electron chi connectivity index (χ2n) is 6.06. The van der Waals surface area contributed by atoms with Crippen LogP contribution in [0.5, 0.6) is 0 Å². The number of nitrogens with zero attached hydrogens (tertiary/aromatic N) is 1. The maximum absolute atomic E-state index is 12.0. The van der Waals surface area contributed by atoms with E-state index < -0.39 is 0 Å². The number of nitrogens with one attached hydrogen (secondary N) is 2. The van der Waals surface area contributed by atoms with Crippen molar-refractivity contribution in [2.24, 2.45) is 5.92 Å². The average molecular weight is 303 g/mol. The van der Waals surface area contributed by atoms with Crippen LogP contribution in [0.4, 0.5) is 10.5 Å². The quantitative estimate of drug-likeness (QED) is 0.792. The Kier molecular flexibility index (Phi) is 4.02. The van der Waals surface area contributed by atoms with E-state index in [0.29, 0.717) is 17.2 Å². The molecule has 1 heterocycles. The smallest absolute Gasteiger partial charge is 0.319 e. The van der Waals surface area contributed by atoms with Crippen LogP contribution in [0.1, 0.15) is 38.5 Å². The van der Waals surface area contributed by atoms with Crippen LogP contribution in [0.25, 0.3) is 11.1 Å². The molecular weight excluding hydrogens is 282 g/mol. The molecule has 2 atom stereocenters. The van der Waals surface area contributed by atoms with E-state index in [9.17, 15) is 4.79 Å². The first-order valence-corrected chi connectivity index (χ1v) is 7.65. The largest absolute Gasteiger partial charge is 0.440 e. The lowest BCUT2D eigenvalue weighted by Crippen LogP contribution is -2.40. The van der Waals surface area contributed by atoms with Crippen molar-refractivity contribution in [1.82, 2.24) is 10.3 Å². The van der Waals surface area contributed by atoms with Gasteiger partial charge in [0.1, 0.15) is 5.52 Å². The summed E-state index contributed by atoms with van der Waals surface area (Å²) in [6, 6.07) is 5.03. The third-order valence-corrected chi connectivity index (χ3v) is 4.09. The number of fused-ring (bicyclic) bond motifs is 1. The molecule has 0 radical (unpaired) electrons. The summed E-state index contributed by atoms with van der Waals surface area (Å²) in [5.41, 5.74) is 2.17. The van der Waals surface area contributed by atoms with Crippen LogP contribution in [0.2, 0.25) is 0 Å². The van der Waals surface area contributed by atoms with Crippen molar-refractivity contribution < 1.29 is 14.3 Å². The lowest BCUT2D eigenvalue weighted by molar-refractivity contribution is 0.204. The van der Waals surface area contributed by atoms with Gasteiger partial charge in [-0.3, -0.25) is 0 Å². The van der Waals surface area contributed by atoms with Gasteiger partial charge in [-0.25, -0.2) is 9.78 Å².